The Bertz CT molecular complexity index is 3380. The van der Waals surface area contributed by atoms with E-state index in [2.05, 4.69) is 211 Å². The van der Waals surface area contributed by atoms with Gasteiger partial charge in [-0.2, -0.15) is 0 Å². The van der Waals surface area contributed by atoms with Gasteiger partial charge in [-0.3, -0.25) is 0 Å². The SMILES string of the molecule is c1ccc(-c2nc(-c3ccc4c(c3)c3cc5c(cc3n4-c3ccccc3)-c3cccc4cccc(c34)C53c4ccccc4-c4ccccc43)sc2-c2ccccc2)cc1. The Morgan fingerprint density at radius 3 is 1.73 bits per heavy atom. The van der Waals surface area contributed by atoms with Crippen LogP contribution in [0.15, 0.2) is 206 Å². The van der Waals surface area contributed by atoms with Gasteiger partial charge in [0.05, 0.1) is 27.0 Å². The van der Waals surface area contributed by atoms with Gasteiger partial charge in [0.1, 0.15) is 5.01 Å². The lowest BCUT2D eigenvalue weighted by Gasteiger charge is -2.40. The molecule has 0 unspecified atom stereocenters. The molecule has 2 aliphatic carbocycles. The number of hydrogen-bond acceptors (Lipinski definition) is 2. The molecular formula is C56H34N2S. The highest BCUT2D eigenvalue weighted by Crippen LogP contribution is 2.62. The van der Waals surface area contributed by atoms with Crippen molar-refractivity contribution in [1.82, 2.24) is 9.55 Å². The molecule has 1 spiro atoms. The summed E-state index contributed by atoms with van der Waals surface area (Å²) in [7, 11) is 0. The Morgan fingerprint density at radius 1 is 0.407 bits per heavy atom. The number of para-hydroxylation sites is 1. The summed E-state index contributed by atoms with van der Waals surface area (Å²) in [4.78, 5) is 6.60. The van der Waals surface area contributed by atoms with Crippen LogP contribution < -0.4 is 0 Å². The molecule has 0 atom stereocenters. The monoisotopic (exact) mass is 766 g/mol. The molecule has 2 aliphatic rings. The van der Waals surface area contributed by atoms with Crippen LogP contribution in [-0.4, -0.2) is 9.55 Å². The molecule has 0 saturated heterocycles. The summed E-state index contributed by atoms with van der Waals surface area (Å²) in [6.45, 7) is 0. The summed E-state index contributed by atoms with van der Waals surface area (Å²) in [5.41, 5.74) is 18.1. The Labute approximate surface area is 346 Å². The minimum Gasteiger partial charge on any atom is -0.309 e. The van der Waals surface area contributed by atoms with Crippen LogP contribution in [-0.2, 0) is 5.41 Å². The van der Waals surface area contributed by atoms with Gasteiger partial charge in [-0.15, -0.1) is 11.3 Å². The highest BCUT2D eigenvalue weighted by molar-refractivity contribution is 7.19. The molecule has 2 heterocycles. The highest BCUT2D eigenvalue weighted by Gasteiger charge is 2.50. The predicted molar refractivity (Wildman–Crippen MR) is 247 cm³/mol. The zero-order chi connectivity index (χ0) is 38.7. The second kappa shape index (κ2) is 12.3. The first-order valence-corrected chi connectivity index (χ1v) is 21.1. The van der Waals surface area contributed by atoms with E-state index in [0.29, 0.717) is 0 Å². The van der Waals surface area contributed by atoms with Crippen LogP contribution in [0.3, 0.4) is 0 Å². The van der Waals surface area contributed by atoms with E-state index >= 15 is 0 Å². The van der Waals surface area contributed by atoms with E-state index in [1.165, 1.54) is 87.5 Å². The first kappa shape index (κ1) is 32.7. The van der Waals surface area contributed by atoms with Crippen molar-refractivity contribution in [3.05, 3.63) is 229 Å². The number of benzene rings is 9. The maximum absolute atomic E-state index is 5.42. The predicted octanol–water partition coefficient (Wildman–Crippen LogP) is 14.7. The standard InChI is InChI=1S/C56H34N2S/c1-4-16-36(17-5-1)53-54(37-18-6-2-7-19-37)59-55(57-53)38-30-31-50-44(32-38)45-33-49-43(34-51(45)58(50)39-22-8-3-9-23-39)42-26-14-20-35-21-15-29-48(52(35)42)56(49)46-27-12-10-24-40(46)41-25-11-13-28-47(41)56/h1-34H. The molecular weight excluding hydrogens is 733 g/mol. The number of aromatic nitrogens is 2. The van der Waals surface area contributed by atoms with Crippen molar-refractivity contribution in [3.8, 4) is 60.2 Å². The number of nitrogens with zero attached hydrogens (tertiary/aromatic N) is 2. The van der Waals surface area contributed by atoms with Crippen LogP contribution in [0.2, 0.25) is 0 Å². The van der Waals surface area contributed by atoms with Gasteiger partial charge in [0.25, 0.3) is 0 Å². The molecule has 2 nitrogen and oxygen atoms in total. The third kappa shape index (κ3) is 4.48. The molecule has 0 bridgehead atoms. The molecule has 59 heavy (non-hydrogen) atoms. The highest BCUT2D eigenvalue weighted by atomic mass is 32.1. The molecule has 11 aromatic rings. The smallest absolute Gasteiger partial charge is 0.124 e. The van der Waals surface area contributed by atoms with Crippen molar-refractivity contribution in [2.24, 2.45) is 0 Å². The molecule has 3 heteroatoms. The zero-order valence-electron chi connectivity index (χ0n) is 31.9. The van der Waals surface area contributed by atoms with Crippen molar-refractivity contribution in [1.29, 1.82) is 0 Å². The quantitative estimate of drug-likeness (QED) is 0.174. The molecule has 274 valence electrons. The summed E-state index contributed by atoms with van der Waals surface area (Å²) in [6, 6.07) is 76.1. The second-order valence-electron chi connectivity index (χ2n) is 15.8. The summed E-state index contributed by atoms with van der Waals surface area (Å²) in [5, 5.41) is 6.08. The molecule has 0 aliphatic heterocycles. The topological polar surface area (TPSA) is 17.8 Å². The average Bonchev–Trinajstić information content (AvgIpc) is 3.98. The molecule has 0 N–H and O–H groups in total. The lowest BCUT2D eigenvalue weighted by Crippen LogP contribution is -2.31. The van der Waals surface area contributed by atoms with Crippen LogP contribution in [0.1, 0.15) is 22.3 Å². The van der Waals surface area contributed by atoms with Gasteiger partial charge in [0.15, 0.2) is 0 Å². The van der Waals surface area contributed by atoms with Crippen molar-refractivity contribution >= 4 is 43.9 Å². The minimum absolute atomic E-state index is 0.492. The number of hydrogen-bond donors (Lipinski definition) is 0. The lowest BCUT2D eigenvalue weighted by molar-refractivity contribution is 0.775. The Hall–Kier alpha value is -7.33. The van der Waals surface area contributed by atoms with E-state index < -0.39 is 5.41 Å². The summed E-state index contributed by atoms with van der Waals surface area (Å²) < 4.78 is 2.46. The Kier molecular flexibility index (Phi) is 6.84. The van der Waals surface area contributed by atoms with Crippen LogP contribution >= 0.6 is 11.3 Å². The lowest BCUT2D eigenvalue weighted by atomic mass is 9.61. The molecule has 2 aromatic heterocycles. The summed E-state index contributed by atoms with van der Waals surface area (Å²) in [6.07, 6.45) is 0. The van der Waals surface area contributed by atoms with Gasteiger partial charge in [-0.25, -0.2) is 4.98 Å². The summed E-state index contributed by atoms with van der Waals surface area (Å²) >= 11 is 1.77. The largest absolute Gasteiger partial charge is 0.309 e. The van der Waals surface area contributed by atoms with Gasteiger partial charge in [-0.1, -0.05) is 164 Å². The van der Waals surface area contributed by atoms with E-state index in [9.17, 15) is 0 Å². The summed E-state index contributed by atoms with van der Waals surface area (Å²) in [5.74, 6) is 0. The first-order chi connectivity index (χ1) is 29.3. The molecule has 0 radical (unpaired) electrons. The van der Waals surface area contributed by atoms with E-state index in [1.54, 1.807) is 11.3 Å². The molecule has 0 fully saturated rings. The Morgan fingerprint density at radius 2 is 1.00 bits per heavy atom. The fourth-order valence-corrected chi connectivity index (χ4v) is 11.5. The van der Waals surface area contributed by atoms with E-state index in [1.807, 2.05) is 0 Å². The van der Waals surface area contributed by atoms with Gasteiger partial charge < -0.3 is 4.57 Å². The maximum Gasteiger partial charge on any atom is 0.124 e. The van der Waals surface area contributed by atoms with Crippen molar-refractivity contribution in [3.63, 3.8) is 0 Å². The van der Waals surface area contributed by atoms with Crippen molar-refractivity contribution in [2.75, 3.05) is 0 Å². The number of rotatable bonds is 4. The Balaban J connectivity index is 1.15. The first-order valence-electron chi connectivity index (χ1n) is 20.3. The third-order valence-electron chi connectivity index (χ3n) is 12.8. The molecule has 13 rings (SSSR count). The molecule has 0 saturated carbocycles. The third-order valence-corrected chi connectivity index (χ3v) is 14.0. The van der Waals surface area contributed by atoms with Gasteiger partial charge >= 0.3 is 0 Å². The maximum atomic E-state index is 5.42. The van der Waals surface area contributed by atoms with E-state index in [0.717, 1.165) is 27.5 Å². The fourth-order valence-electron chi connectivity index (χ4n) is 10.4. The van der Waals surface area contributed by atoms with Crippen molar-refractivity contribution < 1.29 is 0 Å². The van der Waals surface area contributed by atoms with Gasteiger partial charge in [0, 0.05) is 27.6 Å². The van der Waals surface area contributed by atoms with Crippen molar-refractivity contribution in [2.45, 2.75) is 5.41 Å². The molecule has 0 amide bonds. The molecule has 9 aromatic carbocycles. The van der Waals surface area contributed by atoms with Gasteiger partial charge in [-0.05, 0) is 103 Å². The number of thiazole rings is 1. The fraction of sp³-hybridized carbons (Fsp3) is 0.0179. The zero-order valence-corrected chi connectivity index (χ0v) is 32.7. The van der Waals surface area contributed by atoms with E-state index in [4.69, 9.17) is 4.98 Å². The van der Waals surface area contributed by atoms with Crippen LogP contribution in [0.4, 0.5) is 0 Å². The second-order valence-corrected chi connectivity index (χ2v) is 16.8. The van der Waals surface area contributed by atoms with Crippen LogP contribution in [0.25, 0.3) is 92.8 Å². The number of fused-ring (bicyclic) bond motifs is 12. The van der Waals surface area contributed by atoms with Crippen LogP contribution in [0, 0.1) is 0 Å². The van der Waals surface area contributed by atoms with Crippen LogP contribution in [0.5, 0.6) is 0 Å². The average molecular weight is 767 g/mol. The normalized spacial score (nSPS) is 13.2. The minimum atomic E-state index is -0.492. The van der Waals surface area contributed by atoms with E-state index in [-0.39, 0.29) is 0 Å². The van der Waals surface area contributed by atoms with Gasteiger partial charge in [0.2, 0.25) is 0 Å².